The van der Waals surface area contributed by atoms with Crippen LogP contribution in [0.2, 0.25) is 0 Å². The number of hydrogen-bond acceptors (Lipinski definition) is 3. The summed E-state index contributed by atoms with van der Waals surface area (Å²) in [5.74, 6) is 0.0908. The lowest BCUT2D eigenvalue weighted by Crippen LogP contribution is -2.36. The highest BCUT2D eigenvalue weighted by molar-refractivity contribution is 7.92. The highest BCUT2D eigenvalue weighted by Crippen LogP contribution is 2.26. The van der Waals surface area contributed by atoms with Gasteiger partial charge in [0.15, 0.2) is 15.6 Å². The molecule has 0 amide bonds. The fraction of sp³-hybridized carbons (Fsp3) is 0.786. The molecular formula is C14H22O3S. The number of sulfone groups is 1. The number of rotatable bonds is 2. The third-order valence-electron chi connectivity index (χ3n) is 3.98. The van der Waals surface area contributed by atoms with E-state index in [-0.39, 0.29) is 11.5 Å². The van der Waals surface area contributed by atoms with Crippen molar-refractivity contribution in [3.05, 3.63) is 11.6 Å². The molecular weight excluding hydrogens is 248 g/mol. The lowest BCUT2D eigenvalue weighted by Gasteiger charge is -2.22. The van der Waals surface area contributed by atoms with E-state index in [1.807, 2.05) is 6.08 Å². The summed E-state index contributed by atoms with van der Waals surface area (Å²) >= 11 is 0. The van der Waals surface area contributed by atoms with E-state index in [9.17, 15) is 13.2 Å². The first-order valence-corrected chi connectivity index (χ1v) is 8.77. The normalized spacial score (nSPS) is 28.9. The van der Waals surface area contributed by atoms with Crippen LogP contribution in [-0.4, -0.2) is 25.2 Å². The second-order valence-corrected chi connectivity index (χ2v) is 7.70. The summed E-state index contributed by atoms with van der Waals surface area (Å²) in [4.78, 5) is 12.4. The van der Waals surface area contributed by atoms with E-state index in [1.165, 1.54) is 6.42 Å². The predicted octanol–water partition coefficient (Wildman–Crippen LogP) is 2.80. The zero-order chi connectivity index (χ0) is 13.0. The molecule has 18 heavy (non-hydrogen) atoms. The van der Waals surface area contributed by atoms with Crippen molar-refractivity contribution in [1.29, 1.82) is 0 Å². The molecule has 0 aromatic heterocycles. The van der Waals surface area contributed by atoms with Crippen LogP contribution in [0.4, 0.5) is 0 Å². The summed E-state index contributed by atoms with van der Waals surface area (Å²) in [6.07, 6.45) is 10.3. The van der Waals surface area contributed by atoms with Gasteiger partial charge >= 0.3 is 0 Å². The minimum atomic E-state index is -3.18. The highest BCUT2D eigenvalue weighted by Gasteiger charge is 2.35. The van der Waals surface area contributed by atoms with E-state index in [0.717, 1.165) is 44.1 Å². The zero-order valence-electron chi connectivity index (χ0n) is 10.9. The van der Waals surface area contributed by atoms with Crippen LogP contribution in [0.3, 0.4) is 0 Å². The van der Waals surface area contributed by atoms with Gasteiger partial charge < -0.3 is 0 Å². The third kappa shape index (κ3) is 3.22. The largest absolute Gasteiger partial charge is 0.293 e. The van der Waals surface area contributed by atoms with Gasteiger partial charge in [-0.3, -0.25) is 4.79 Å². The van der Waals surface area contributed by atoms with Crippen molar-refractivity contribution in [2.24, 2.45) is 0 Å². The van der Waals surface area contributed by atoms with Crippen molar-refractivity contribution >= 4 is 15.6 Å². The first-order chi connectivity index (χ1) is 8.61. The second kappa shape index (κ2) is 6.00. The Bertz CT molecular complexity index is 434. The summed E-state index contributed by atoms with van der Waals surface area (Å²) in [5, 5.41) is -0.739. The number of Topliss-reactive ketones (excluding diaryl/α,β-unsaturated/α-hetero) is 1. The molecule has 0 aromatic carbocycles. The molecule has 1 unspecified atom stereocenters. The number of hydrogen-bond donors (Lipinski definition) is 0. The van der Waals surface area contributed by atoms with Crippen LogP contribution in [0.5, 0.6) is 0 Å². The van der Waals surface area contributed by atoms with Crippen LogP contribution in [0, 0.1) is 0 Å². The first-order valence-electron chi connectivity index (χ1n) is 7.06. The van der Waals surface area contributed by atoms with Crippen LogP contribution < -0.4 is 0 Å². The molecule has 1 aliphatic carbocycles. The Labute approximate surface area is 110 Å². The van der Waals surface area contributed by atoms with Gasteiger partial charge in [-0.1, -0.05) is 25.3 Å². The first kappa shape index (κ1) is 13.8. The van der Waals surface area contributed by atoms with Crippen molar-refractivity contribution in [3.63, 3.8) is 0 Å². The van der Waals surface area contributed by atoms with Gasteiger partial charge in [0, 0.05) is 0 Å². The van der Waals surface area contributed by atoms with Gasteiger partial charge in [0.25, 0.3) is 0 Å². The van der Waals surface area contributed by atoms with Crippen LogP contribution in [0.25, 0.3) is 0 Å². The molecule has 2 aliphatic rings. The van der Waals surface area contributed by atoms with Crippen LogP contribution in [0.15, 0.2) is 11.6 Å². The number of carbonyl (C=O) groups is 1. The highest BCUT2D eigenvalue weighted by atomic mass is 32.2. The summed E-state index contributed by atoms with van der Waals surface area (Å²) in [5.41, 5.74) is 0.783. The molecule has 0 bridgehead atoms. The van der Waals surface area contributed by atoms with Crippen molar-refractivity contribution in [3.8, 4) is 0 Å². The quantitative estimate of drug-likeness (QED) is 0.775. The fourth-order valence-electron chi connectivity index (χ4n) is 2.87. The number of allylic oxidation sites excluding steroid dienone is 2. The van der Waals surface area contributed by atoms with E-state index in [4.69, 9.17) is 0 Å². The maximum atomic E-state index is 12.4. The topological polar surface area (TPSA) is 51.2 Å². The molecule has 0 radical (unpaired) electrons. The number of ketones is 1. The van der Waals surface area contributed by atoms with Crippen LogP contribution in [0.1, 0.15) is 57.8 Å². The lowest BCUT2D eigenvalue weighted by molar-refractivity contribution is -0.115. The van der Waals surface area contributed by atoms with Gasteiger partial charge in [0.05, 0.1) is 5.75 Å². The lowest BCUT2D eigenvalue weighted by atomic mass is 9.94. The van der Waals surface area contributed by atoms with Crippen LogP contribution >= 0.6 is 0 Å². The molecule has 102 valence electrons. The molecule has 1 aliphatic heterocycles. The molecule has 1 fully saturated rings. The molecule has 0 N–H and O–H groups in total. The molecule has 3 nitrogen and oxygen atoms in total. The minimum Gasteiger partial charge on any atom is -0.293 e. The van der Waals surface area contributed by atoms with Gasteiger partial charge in [0.2, 0.25) is 0 Å². The van der Waals surface area contributed by atoms with Gasteiger partial charge in [-0.25, -0.2) is 8.42 Å². The second-order valence-electron chi connectivity index (χ2n) is 5.40. The van der Waals surface area contributed by atoms with Crippen molar-refractivity contribution < 1.29 is 13.2 Å². The van der Waals surface area contributed by atoms with Crippen LogP contribution in [-0.2, 0) is 14.6 Å². The maximum Gasteiger partial charge on any atom is 0.176 e. The van der Waals surface area contributed by atoms with Gasteiger partial charge in [-0.2, -0.15) is 0 Å². The summed E-state index contributed by atoms with van der Waals surface area (Å²) in [6, 6.07) is 0. The standard InChI is InChI=1S/C14H22O3S/c15-14(12-8-4-2-1-3-5-9-12)13-10-6-7-11-18(13,16)17/h8,13H,1-7,9-11H2. The van der Waals surface area contributed by atoms with Gasteiger partial charge in [-0.15, -0.1) is 0 Å². The summed E-state index contributed by atoms with van der Waals surface area (Å²) in [7, 11) is -3.18. The van der Waals surface area contributed by atoms with E-state index < -0.39 is 15.1 Å². The average molecular weight is 270 g/mol. The Hall–Kier alpha value is -0.640. The molecule has 4 heteroatoms. The van der Waals surface area contributed by atoms with Crippen molar-refractivity contribution in [2.45, 2.75) is 63.0 Å². The Morgan fingerprint density at radius 1 is 1.06 bits per heavy atom. The number of carbonyl (C=O) groups excluding carboxylic acids is 1. The van der Waals surface area contributed by atoms with E-state index in [0.29, 0.717) is 12.8 Å². The molecule has 0 saturated carbocycles. The molecule has 0 spiro atoms. The smallest absolute Gasteiger partial charge is 0.176 e. The zero-order valence-corrected chi connectivity index (χ0v) is 11.7. The van der Waals surface area contributed by atoms with E-state index in [1.54, 1.807) is 0 Å². The van der Waals surface area contributed by atoms with E-state index in [2.05, 4.69) is 0 Å². The summed E-state index contributed by atoms with van der Waals surface area (Å²) < 4.78 is 23.9. The Kier molecular flexibility index (Phi) is 4.60. The molecule has 1 atom stereocenters. The molecule has 2 rings (SSSR count). The monoisotopic (exact) mass is 270 g/mol. The average Bonchev–Trinajstić information content (AvgIpc) is 2.27. The molecule has 1 saturated heterocycles. The Balaban J connectivity index is 2.13. The fourth-order valence-corrected chi connectivity index (χ4v) is 4.77. The van der Waals surface area contributed by atoms with Crippen molar-refractivity contribution in [1.82, 2.24) is 0 Å². The van der Waals surface area contributed by atoms with Gasteiger partial charge in [-0.05, 0) is 44.1 Å². The third-order valence-corrected chi connectivity index (χ3v) is 6.15. The molecule has 0 aromatic rings. The molecule has 1 heterocycles. The summed E-state index contributed by atoms with van der Waals surface area (Å²) in [6.45, 7) is 0. The minimum absolute atomic E-state index is 0.100. The Morgan fingerprint density at radius 2 is 1.83 bits per heavy atom. The van der Waals surface area contributed by atoms with E-state index >= 15 is 0 Å². The van der Waals surface area contributed by atoms with Gasteiger partial charge in [0.1, 0.15) is 5.25 Å². The maximum absolute atomic E-state index is 12.4. The SMILES string of the molecule is O=C(C1=CCCCCCC1)C1CCCCS1(=O)=O. The predicted molar refractivity (Wildman–Crippen MR) is 72.2 cm³/mol. The Morgan fingerprint density at radius 3 is 2.61 bits per heavy atom. The van der Waals surface area contributed by atoms with Crippen molar-refractivity contribution in [2.75, 3.05) is 5.75 Å².